The molecule has 1 aliphatic rings. The van der Waals surface area contributed by atoms with Crippen LogP contribution in [0.2, 0.25) is 0 Å². The summed E-state index contributed by atoms with van der Waals surface area (Å²) in [5.41, 5.74) is -0.766. The standard InChI is InChI=1S/C27H26F3N3O5/c28-27(29,30)19-9-4-10-20(15-19)33(23(34)17-32-25(35)22-12-6-14-38-22)24(18-7-2-1-3-8-18)26(36)31-16-21-11-5-13-37-21/h1-4,6-10,12,14-15,21,24H,5,11,13,16-17H2,(H,31,36)(H,32,35)/t21-,24+/m1/s1. The first-order valence-electron chi connectivity index (χ1n) is 12.0. The second kappa shape index (κ2) is 12.0. The average Bonchev–Trinajstić information content (AvgIpc) is 3.64. The average molecular weight is 530 g/mol. The van der Waals surface area contributed by atoms with Gasteiger partial charge in [0, 0.05) is 18.8 Å². The maximum atomic E-state index is 13.6. The van der Waals surface area contributed by atoms with Gasteiger partial charge in [-0.1, -0.05) is 36.4 Å². The molecular weight excluding hydrogens is 503 g/mol. The highest BCUT2D eigenvalue weighted by molar-refractivity contribution is 6.04. The summed E-state index contributed by atoms with van der Waals surface area (Å²) in [6, 6.07) is 13.9. The normalized spacial score (nSPS) is 16.0. The van der Waals surface area contributed by atoms with Gasteiger partial charge < -0.3 is 19.8 Å². The summed E-state index contributed by atoms with van der Waals surface area (Å²) >= 11 is 0. The number of nitrogens with zero attached hydrogens (tertiary/aromatic N) is 1. The Morgan fingerprint density at radius 2 is 1.79 bits per heavy atom. The van der Waals surface area contributed by atoms with Crippen molar-refractivity contribution in [1.29, 1.82) is 0 Å². The van der Waals surface area contributed by atoms with Crippen LogP contribution >= 0.6 is 0 Å². The van der Waals surface area contributed by atoms with Crippen LogP contribution in [0.25, 0.3) is 0 Å². The van der Waals surface area contributed by atoms with E-state index in [-0.39, 0.29) is 24.1 Å². The molecule has 0 saturated carbocycles. The van der Waals surface area contributed by atoms with Gasteiger partial charge in [0.05, 0.1) is 24.5 Å². The second-order valence-corrected chi connectivity index (χ2v) is 8.67. The number of ether oxygens (including phenoxy) is 1. The van der Waals surface area contributed by atoms with E-state index in [0.29, 0.717) is 12.2 Å². The monoisotopic (exact) mass is 529 g/mol. The number of halogens is 3. The van der Waals surface area contributed by atoms with Crippen LogP contribution in [0.3, 0.4) is 0 Å². The van der Waals surface area contributed by atoms with E-state index in [2.05, 4.69) is 10.6 Å². The Labute approximate surface area is 216 Å². The van der Waals surface area contributed by atoms with Crippen molar-refractivity contribution in [1.82, 2.24) is 10.6 Å². The predicted octanol–water partition coefficient (Wildman–Crippen LogP) is 4.10. The molecule has 1 saturated heterocycles. The summed E-state index contributed by atoms with van der Waals surface area (Å²) in [5, 5.41) is 5.18. The molecule has 1 aromatic heterocycles. The number of amides is 3. The number of hydrogen-bond donors (Lipinski definition) is 2. The van der Waals surface area contributed by atoms with Crippen molar-refractivity contribution >= 4 is 23.4 Å². The van der Waals surface area contributed by atoms with Crippen LogP contribution < -0.4 is 15.5 Å². The van der Waals surface area contributed by atoms with Gasteiger partial charge in [0.1, 0.15) is 6.04 Å². The third-order valence-electron chi connectivity index (χ3n) is 6.02. The van der Waals surface area contributed by atoms with Gasteiger partial charge in [-0.2, -0.15) is 13.2 Å². The van der Waals surface area contributed by atoms with Gasteiger partial charge in [-0.3, -0.25) is 19.3 Å². The summed E-state index contributed by atoms with van der Waals surface area (Å²) in [5.74, 6) is -2.14. The van der Waals surface area contributed by atoms with Gasteiger partial charge in [0.25, 0.3) is 5.91 Å². The molecule has 2 aromatic carbocycles. The zero-order chi connectivity index (χ0) is 27.1. The van der Waals surface area contributed by atoms with E-state index in [9.17, 15) is 27.6 Å². The number of rotatable bonds is 9. The molecule has 8 nitrogen and oxygen atoms in total. The highest BCUT2D eigenvalue weighted by Crippen LogP contribution is 2.34. The number of carbonyl (C=O) groups is 3. The van der Waals surface area contributed by atoms with Crippen LogP contribution in [0.1, 0.15) is 40.6 Å². The predicted molar refractivity (Wildman–Crippen MR) is 131 cm³/mol. The Kier molecular flexibility index (Phi) is 8.47. The van der Waals surface area contributed by atoms with Gasteiger partial charge in [-0.25, -0.2) is 0 Å². The molecule has 0 aliphatic carbocycles. The van der Waals surface area contributed by atoms with Crippen molar-refractivity contribution in [3.63, 3.8) is 0 Å². The summed E-state index contributed by atoms with van der Waals surface area (Å²) in [4.78, 5) is 40.4. The first-order chi connectivity index (χ1) is 18.2. The highest BCUT2D eigenvalue weighted by Gasteiger charge is 2.36. The third kappa shape index (κ3) is 6.60. The number of anilines is 1. The number of alkyl halides is 3. The fourth-order valence-electron chi connectivity index (χ4n) is 4.17. The molecule has 2 heterocycles. The number of benzene rings is 2. The number of furan rings is 1. The van der Waals surface area contributed by atoms with Crippen molar-refractivity contribution in [2.45, 2.75) is 31.2 Å². The molecule has 2 N–H and O–H groups in total. The molecule has 3 amide bonds. The second-order valence-electron chi connectivity index (χ2n) is 8.67. The molecule has 2 atom stereocenters. The van der Waals surface area contributed by atoms with Gasteiger partial charge in [-0.05, 0) is 48.7 Å². The van der Waals surface area contributed by atoms with Crippen LogP contribution in [0.4, 0.5) is 18.9 Å². The summed E-state index contributed by atoms with van der Waals surface area (Å²) in [6.45, 7) is 0.160. The zero-order valence-electron chi connectivity index (χ0n) is 20.2. The maximum absolute atomic E-state index is 13.6. The van der Waals surface area contributed by atoms with Gasteiger partial charge in [0.2, 0.25) is 11.8 Å². The maximum Gasteiger partial charge on any atom is 0.416 e. The topological polar surface area (TPSA) is 101 Å². The van der Waals surface area contributed by atoms with Crippen molar-refractivity contribution in [2.24, 2.45) is 0 Å². The molecule has 200 valence electrons. The van der Waals surface area contributed by atoms with E-state index in [1.807, 2.05) is 0 Å². The minimum Gasteiger partial charge on any atom is -0.459 e. The highest BCUT2D eigenvalue weighted by atomic mass is 19.4. The molecule has 0 spiro atoms. The van der Waals surface area contributed by atoms with Gasteiger partial charge in [0.15, 0.2) is 5.76 Å². The summed E-state index contributed by atoms with van der Waals surface area (Å²) in [7, 11) is 0. The van der Waals surface area contributed by atoms with Crippen LogP contribution in [0.15, 0.2) is 77.4 Å². The Morgan fingerprint density at radius 3 is 2.45 bits per heavy atom. The first-order valence-corrected chi connectivity index (χ1v) is 12.0. The van der Waals surface area contributed by atoms with Crippen LogP contribution in [-0.2, 0) is 20.5 Å². The Balaban J connectivity index is 1.69. The van der Waals surface area contributed by atoms with E-state index in [0.717, 1.165) is 35.9 Å². The first kappa shape index (κ1) is 26.9. The third-order valence-corrected chi connectivity index (χ3v) is 6.02. The molecule has 0 bridgehead atoms. The molecule has 1 fully saturated rings. The quantitative estimate of drug-likeness (QED) is 0.435. The summed E-state index contributed by atoms with van der Waals surface area (Å²) in [6.07, 6.45) is -1.98. The van der Waals surface area contributed by atoms with Crippen molar-refractivity contribution < 1.29 is 36.7 Å². The van der Waals surface area contributed by atoms with E-state index in [1.165, 1.54) is 24.5 Å². The Morgan fingerprint density at radius 1 is 1.00 bits per heavy atom. The van der Waals surface area contributed by atoms with Crippen LogP contribution in [0, 0.1) is 0 Å². The van der Waals surface area contributed by atoms with Gasteiger partial charge in [-0.15, -0.1) is 0 Å². The van der Waals surface area contributed by atoms with Crippen molar-refractivity contribution in [3.05, 3.63) is 89.9 Å². The fraction of sp³-hybridized carbons (Fsp3) is 0.296. The molecular formula is C27H26F3N3O5. The minimum atomic E-state index is -4.68. The number of nitrogens with one attached hydrogen (secondary N) is 2. The van der Waals surface area contributed by atoms with Crippen molar-refractivity contribution in [3.8, 4) is 0 Å². The lowest BCUT2D eigenvalue weighted by Gasteiger charge is -2.32. The smallest absolute Gasteiger partial charge is 0.416 e. The van der Waals surface area contributed by atoms with E-state index in [1.54, 1.807) is 30.3 Å². The lowest BCUT2D eigenvalue weighted by molar-refractivity contribution is -0.137. The molecule has 38 heavy (non-hydrogen) atoms. The summed E-state index contributed by atoms with van der Waals surface area (Å²) < 4.78 is 51.2. The largest absolute Gasteiger partial charge is 0.459 e. The number of hydrogen-bond acceptors (Lipinski definition) is 5. The Hall–Kier alpha value is -4.12. The molecule has 0 radical (unpaired) electrons. The van der Waals surface area contributed by atoms with Crippen molar-refractivity contribution in [2.75, 3.05) is 24.6 Å². The lowest BCUT2D eigenvalue weighted by Crippen LogP contribution is -2.48. The van der Waals surface area contributed by atoms with E-state index >= 15 is 0 Å². The minimum absolute atomic E-state index is 0.0441. The van der Waals surface area contributed by atoms with Crippen LogP contribution in [-0.4, -0.2) is 43.5 Å². The van der Waals surface area contributed by atoms with Crippen LogP contribution in [0.5, 0.6) is 0 Å². The Bertz CT molecular complexity index is 1240. The lowest BCUT2D eigenvalue weighted by atomic mass is 10.0. The van der Waals surface area contributed by atoms with E-state index < -0.39 is 42.0 Å². The van der Waals surface area contributed by atoms with Gasteiger partial charge >= 0.3 is 6.18 Å². The molecule has 0 unspecified atom stereocenters. The molecule has 1 aliphatic heterocycles. The molecule has 4 rings (SSSR count). The zero-order valence-corrected chi connectivity index (χ0v) is 20.2. The molecule has 11 heteroatoms. The fourth-order valence-corrected chi connectivity index (χ4v) is 4.17. The molecule has 3 aromatic rings. The van der Waals surface area contributed by atoms with E-state index in [4.69, 9.17) is 9.15 Å². The number of carbonyl (C=O) groups excluding carboxylic acids is 3. The SMILES string of the molecule is O=C(NCC(=O)N(c1cccc(C(F)(F)F)c1)[C@H](C(=O)NC[C@H]1CCCO1)c1ccccc1)c1ccco1.